The Balaban J connectivity index is 1.32. The molecular formula is C31H31F11O2. The number of hydrogen-bond acceptors (Lipinski definition) is 2. The van der Waals surface area contributed by atoms with E-state index in [0.717, 1.165) is 24.1 Å². The molecule has 2 aliphatic carbocycles. The zero-order valence-electron chi connectivity index (χ0n) is 23.7. The maximum absolute atomic E-state index is 14.8. The Hall–Kier alpha value is -2.83. The van der Waals surface area contributed by atoms with Crippen LogP contribution in [0.2, 0.25) is 0 Å². The SMILES string of the molecule is CCCCc1cc(F)c(C(F)(F)OC2CC=C(C3CCC(C(F)(F)Oc4cc(F)c(C(F)(F)F)c(F)c4)CC3)CC2)c(F)c1. The number of allylic oxidation sites excluding steroid dienone is 1. The molecule has 0 aliphatic heterocycles. The van der Waals surface area contributed by atoms with E-state index in [9.17, 15) is 48.3 Å². The molecule has 2 nitrogen and oxygen atoms in total. The van der Waals surface area contributed by atoms with E-state index in [0.29, 0.717) is 19.3 Å². The molecule has 244 valence electrons. The number of unbranched alkanes of at least 4 members (excludes halogenated alkanes) is 1. The summed E-state index contributed by atoms with van der Waals surface area (Å²) >= 11 is 0. The molecule has 0 bridgehead atoms. The predicted octanol–water partition coefficient (Wildman–Crippen LogP) is 10.6. The standard InChI is InChI=1S/C31H31F11O2/c1-2-3-4-17-13-23(32)28(24(33)14-17)31(41,42)43-21-11-7-19(8-12-21)18-5-9-20(10-6-18)30(39,40)44-22-15-25(34)27(26(35)16-22)29(36,37)38/h7,13-16,18,20-21H,2-6,8-12H2,1H3. The molecule has 0 heterocycles. The quantitative estimate of drug-likeness (QED) is 0.189. The Morgan fingerprint density at radius 2 is 1.32 bits per heavy atom. The lowest BCUT2D eigenvalue weighted by atomic mass is 9.75. The fourth-order valence-corrected chi connectivity index (χ4v) is 5.93. The average Bonchev–Trinajstić information content (AvgIpc) is 2.90. The van der Waals surface area contributed by atoms with Crippen molar-refractivity contribution in [1.82, 2.24) is 0 Å². The van der Waals surface area contributed by atoms with Crippen LogP contribution in [-0.4, -0.2) is 12.2 Å². The topological polar surface area (TPSA) is 18.5 Å². The van der Waals surface area contributed by atoms with Gasteiger partial charge in [0.15, 0.2) is 0 Å². The Bertz CT molecular complexity index is 1300. The first-order valence-electron chi connectivity index (χ1n) is 14.4. The van der Waals surface area contributed by atoms with Crippen LogP contribution in [0.5, 0.6) is 5.75 Å². The van der Waals surface area contributed by atoms with Gasteiger partial charge in [0.1, 0.15) is 40.1 Å². The molecule has 2 aliphatic rings. The predicted molar refractivity (Wildman–Crippen MR) is 138 cm³/mol. The fourth-order valence-electron chi connectivity index (χ4n) is 5.93. The van der Waals surface area contributed by atoms with Gasteiger partial charge in [0.2, 0.25) is 0 Å². The van der Waals surface area contributed by atoms with E-state index >= 15 is 0 Å². The number of ether oxygens (including phenoxy) is 2. The smallest absolute Gasteiger partial charge is 0.422 e. The van der Waals surface area contributed by atoms with Crippen LogP contribution in [-0.2, 0) is 23.4 Å². The zero-order chi connectivity index (χ0) is 32.4. The first-order valence-corrected chi connectivity index (χ1v) is 14.4. The molecule has 1 fully saturated rings. The highest BCUT2D eigenvalue weighted by Gasteiger charge is 2.46. The summed E-state index contributed by atoms with van der Waals surface area (Å²) in [5.74, 6) is -9.55. The summed E-state index contributed by atoms with van der Waals surface area (Å²) in [4.78, 5) is 0. The highest BCUT2D eigenvalue weighted by atomic mass is 19.4. The minimum absolute atomic E-state index is 0.0208. The maximum atomic E-state index is 14.8. The molecule has 1 atom stereocenters. The highest BCUT2D eigenvalue weighted by molar-refractivity contribution is 5.33. The summed E-state index contributed by atoms with van der Waals surface area (Å²) in [6, 6.07) is 1.89. The van der Waals surface area contributed by atoms with Crippen LogP contribution in [0.4, 0.5) is 48.3 Å². The third-order valence-corrected chi connectivity index (χ3v) is 8.20. The number of aryl methyl sites for hydroxylation is 1. The minimum Gasteiger partial charge on any atom is -0.432 e. The van der Waals surface area contributed by atoms with E-state index in [1.807, 2.05) is 6.92 Å². The van der Waals surface area contributed by atoms with Gasteiger partial charge in [0.05, 0.1) is 12.0 Å². The van der Waals surface area contributed by atoms with Crippen molar-refractivity contribution in [2.75, 3.05) is 0 Å². The van der Waals surface area contributed by atoms with Gasteiger partial charge >= 0.3 is 18.4 Å². The highest BCUT2D eigenvalue weighted by Crippen LogP contribution is 2.45. The van der Waals surface area contributed by atoms with E-state index in [1.54, 1.807) is 6.08 Å². The van der Waals surface area contributed by atoms with Gasteiger partial charge in [-0.3, -0.25) is 0 Å². The Morgan fingerprint density at radius 3 is 1.82 bits per heavy atom. The molecule has 1 saturated carbocycles. The lowest BCUT2D eigenvalue weighted by Gasteiger charge is -2.36. The molecule has 0 saturated heterocycles. The molecule has 0 spiro atoms. The van der Waals surface area contributed by atoms with E-state index in [2.05, 4.69) is 4.74 Å². The van der Waals surface area contributed by atoms with E-state index < -0.39 is 70.6 Å². The molecule has 44 heavy (non-hydrogen) atoms. The molecule has 0 amide bonds. The summed E-state index contributed by atoms with van der Waals surface area (Å²) in [7, 11) is 0. The molecular weight excluding hydrogens is 613 g/mol. The second kappa shape index (κ2) is 13.3. The minimum atomic E-state index is -5.36. The number of benzene rings is 2. The normalized spacial score (nSPS) is 21.7. The molecule has 4 rings (SSSR count). The Labute approximate surface area is 247 Å². The van der Waals surface area contributed by atoms with Crippen molar-refractivity contribution in [1.29, 1.82) is 0 Å². The molecule has 1 unspecified atom stereocenters. The first kappa shape index (κ1) is 34.1. The second-order valence-electron chi connectivity index (χ2n) is 11.3. The summed E-state index contributed by atoms with van der Waals surface area (Å²) in [5.41, 5.74) is -2.54. The van der Waals surface area contributed by atoms with Gasteiger partial charge in [-0.15, -0.1) is 0 Å². The lowest BCUT2D eigenvalue weighted by molar-refractivity contribution is -0.276. The summed E-state index contributed by atoms with van der Waals surface area (Å²) in [5, 5.41) is 0. The van der Waals surface area contributed by atoms with Gasteiger partial charge < -0.3 is 9.47 Å². The third kappa shape index (κ3) is 7.87. The maximum Gasteiger partial charge on any atom is 0.422 e. The van der Waals surface area contributed by atoms with Gasteiger partial charge in [0.25, 0.3) is 0 Å². The van der Waals surface area contributed by atoms with Crippen LogP contribution >= 0.6 is 0 Å². The zero-order valence-corrected chi connectivity index (χ0v) is 23.7. The van der Waals surface area contributed by atoms with Crippen LogP contribution in [0.15, 0.2) is 35.9 Å². The first-order chi connectivity index (χ1) is 20.5. The third-order valence-electron chi connectivity index (χ3n) is 8.20. The van der Waals surface area contributed by atoms with Gasteiger partial charge in [-0.05, 0) is 81.4 Å². The van der Waals surface area contributed by atoms with Crippen LogP contribution in [0.25, 0.3) is 0 Å². The Kier molecular flexibility index (Phi) is 10.3. The fraction of sp³-hybridized carbons (Fsp3) is 0.548. The number of alkyl halides is 7. The number of halogens is 11. The summed E-state index contributed by atoms with van der Waals surface area (Å²) in [6.07, 6.45) is -10.3. The van der Waals surface area contributed by atoms with Crippen LogP contribution in [0.3, 0.4) is 0 Å². The Morgan fingerprint density at radius 1 is 0.750 bits per heavy atom. The van der Waals surface area contributed by atoms with Gasteiger partial charge in [-0.25, -0.2) is 17.6 Å². The monoisotopic (exact) mass is 644 g/mol. The van der Waals surface area contributed by atoms with Crippen LogP contribution in [0, 0.1) is 35.1 Å². The van der Waals surface area contributed by atoms with E-state index in [1.165, 1.54) is 0 Å². The van der Waals surface area contributed by atoms with Gasteiger partial charge in [-0.2, -0.15) is 30.7 Å². The van der Waals surface area contributed by atoms with Crippen molar-refractivity contribution in [3.63, 3.8) is 0 Å². The van der Waals surface area contributed by atoms with Crippen molar-refractivity contribution in [3.8, 4) is 5.75 Å². The molecule has 2 aromatic rings. The second-order valence-corrected chi connectivity index (χ2v) is 11.3. The van der Waals surface area contributed by atoms with Crippen LogP contribution in [0.1, 0.15) is 81.4 Å². The van der Waals surface area contributed by atoms with Crippen molar-refractivity contribution in [3.05, 3.63) is 75.9 Å². The van der Waals surface area contributed by atoms with Crippen molar-refractivity contribution in [2.45, 2.75) is 95.6 Å². The molecule has 0 aromatic heterocycles. The average molecular weight is 645 g/mol. The molecule has 2 aromatic carbocycles. The van der Waals surface area contributed by atoms with Crippen molar-refractivity contribution >= 4 is 0 Å². The number of rotatable bonds is 10. The molecule has 0 radical (unpaired) electrons. The largest absolute Gasteiger partial charge is 0.432 e. The van der Waals surface area contributed by atoms with Crippen molar-refractivity contribution in [2.24, 2.45) is 11.8 Å². The molecule has 13 heteroatoms. The van der Waals surface area contributed by atoms with Gasteiger partial charge in [-0.1, -0.05) is 25.0 Å². The summed E-state index contributed by atoms with van der Waals surface area (Å²) in [6.45, 7) is 1.88. The lowest BCUT2D eigenvalue weighted by Crippen LogP contribution is -2.37. The summed E-state index contributed by atoms with van der Waals surface area (Å²) < 4.78 is 163. The van der Waals surface area contributed by atoms with E-state index in [-0.39, 0.29) is 62.1 Å². The van der Waals surface area contributed by atoms with Gasteiger partial charge in [0, 0.05) is 12.1 Å². The number of hydrogen-bond donors (Lipinski definition) is 0. The molecule has 0 N–H and O–H groups in total. The van der Waals surface area contributed by atoms with Crippen molar-refractivity contribution < 1.29 is 57.8 Å². The van der Waals surface area contributed by atoms with Crippen LogP contribution < -0.4 is 4.74 Å². The van der Waals surface area contributed by atoms with E-state index in [4.69, 9.17) is 4.74 Å².